The van der Waals surface area contributed by atoms with Crippen LogP contribution in [0, 0.1) is 5.92 Å². The number of hydrogen-bond donors (Lipinski definition) is 0. The number of rotatable bonds is 2. The molecule has 1 fully saturated rings. The van der Waals surface area contributed by atoms with Gasteiger partial charge in [0.15, 0.2) is 0 Å². The fraction of sp³-hybridized carbons (Fsp3) is 0.286. The first-order valence-corrected chi connectivity index (χ1v) is 7.12. The average molecular weight is 324 g/mol. The molecule has 1 aliphatic rings. The summed E-state index contributed by atoms with van der Waals surface area (Å²) < 4.78 is 0.771. The van der Waals surface area contributed by atoms with Crippen molar-refractivity contribution in [3.05, 3.63) is 45.8 Å². The first kappa shape index (κ1) is 12.1. The van der Waals surface area contributed by atoms with Crippen LogP contribution >= 0.6 is 27.5 Å². The van der Waals surface area contributed by atoms with Gasteiger partial charge in [0.2, 0.25) is 0 Å². The van der Waals surface area contributed by atoms with Crippen molar-refractivity contribution in [3.63, 3.8) is 0 Å². The number of aromatic nitrogens is 2. The Labute approximate surface area is 120 Å². The maximum absolute atomic E-state index is 6.19. The van der Waals surface area contributed by atoms with Crippen molar-refractivity contribution < 1.29 is 0 Å². The van der Waals surface area contributed by atoms with Crippen molar-refractivity contribution in [2.75, 3.05) is 0 Å². The van der Waals surface area contributed by atoms with Gasteiger partial charge in [-0.1, -0.05) is 48.9 Å². The fourth-order valence-electron chi connectivity index (χ4n) is 2.07. The third kappa shape index (κ3) is 2.17. The molecule has 0 radical (unpaired) electrons. The van der Waals surface area contributed by atoms with Gasteiger partial charge in [-0.05, 0) is 28.3 Å². The van der Waals surface area contributed by atoms with Crippen LogP contribution in [0.4, 0.5) is 0 Å². The Kier molecular flexibility index (Phi) is 3.12. The summed E-state index contributed by atoms with van der Waals surface area (Å²) in [6.45, 7) is 2.21. The van der Waals surface area contributed by atoms with Gasteiger partial charge in [0.05, 0.1) is 10.2 Å². The topological polar surface area (TPSA) is 25.8 Å². The molecule has 2 unspecified atom stereocenters. The maximum atomic E-state index is 6.19. The van der Waals surface area contributed by atoms with Crippen LogP contribution in [0.25, 0.3) is 11.3 Å². The van der Waals surface area contributed by atoms with Crippen molar-refractivity contribution in [2.45, 2.75) is 19.3 Å². The minimum Gasteiger partial charge on any atom is -0.231 e. The van der Waals surface area contributed by atoms with E-state index < -0.39 is 0 Å². The normalized spacial score (nSPS) is 21.9. The smallest absolute Gasteiger partial charge is 0.147 e. The molecule has 4 heteroatoms. The largest absolute Gasteiger partial charge is 0.231 e. The molecule has 1 aromatic carbocycles. The Morgan fingerprint density at radius 1 is 1.22 bits per heavy atom. The Balaban J connectivity index is 2.11. The van der Waals surface area contributed by atoms with Crippen molar-refractivity contribution >= 4 is 27.5 Å². The highest BCUT2D eigenvalue weighted by atomic mass is 79.9. The summed E-state index contributed by atoms with van der Waals surface area (Å²) in [6.07, 6.45) is 1.16. The van der Waals surface area contributed by atoms with E-state index in [4.69, 9.17) is 11.6 Å². The molecule has 1 heterocycles. The third-order valence-electron chi connectivity index (χ3n) is 3.32. The van der Waals surface area contributed by atoms with Gasteiger partial charge in [-0.25, -0.2) is 9.97 Å². The molecule has 92 valence electrons. The van der Waals surface area contributed by atoms with Crippen molar-refractivity contribution in [1.82, 2.24) is 9.97 Å². The molecule has 18 heavy (non-hydrogen) atoms. The van der Waals surface area contributed by atoms with Crippen LogP contribution in [0.5, 0.6) is 0 Å². The summed E-state index contributed by atoms with van der Waals surface area (Å²) in [5, 5.41) is 0.498. The summed E-state index contributed by atoms with van der Waals surface area (Å²) >= 11 is 9.67. The lowest BCUT2D eigenvalue weighted by atomic mass is 10.1. The van der Waals surface area contributed by atoms with Crippen LogP contribution in [0.2, 0.25) is 5.15 Å². The van der Waals surface area contributed by atoms with E-state index in [2.05, 4.69) is 32.8 Å². The van der Waals surface area contributed by atoms with Crippen molar-refractivity contribution in [1.29, 1.82) is 0 Å². The van der Waals surface area contributed by atoms with E-state index in [1.54, 1.807) is 0 Å². The summed E-state index contributed by atoms with van der Waals surface area (Å²) in [5.74, 6) is 2.01. The number of hydrogen-bond acceptors (Lipinski definition) is 2. The van der Waals surface area contributed by atoms with Crippen LogP contribution in [0.15, 0.2) is 34.8 Å². The van der Waals surface area contributed by atoms with E-state index in [0.29, 0.717) is 17.0 Å². The van der Waals surface area contributed by atoms with E-state index in [1.165, 1.54) is 0 Å². The minimum absolute atomic E-state index is 0.470. The molecule has 1 aliphatic carbocycles. The zero-order valence-electron chi connectivity index (χ0n) is 9.90. The van der Waals surface area contributed by atoms with Gasteiger partial charge in [-0.3, -0.25) is 0 Å². The van der Waals surface area contributed by atoms with Crippen LogP contribution < -0.4 is 0 Å². The molecule has 3 rings (SSSR count). The van der Waals surface area contributed by atoms with Crippen LogP contribution in [0.1, 0.15) is 25.1 Å². The summed E-state index contributed by atoms with van der Waals surface area (Å²) in [6, 6.07) is 10.0. The Hall–Kier alpha value is -0.930. The standard InChI is InChI=1S/C14H12BrClN2/c1-8-7-10(8)14-17-12(11(15)13(16)18-14)9-5-3-2-4-6-9/h2-6,8,10H,7H2,1H3. The Bertz CT molecular complexity index is 586. The van der Waals surface area contributed by atoms with E-state index in [0.717, 1.165) is 28.0 Å². The van der Waals surface area contributed by atoms with E-state index >= 15 is 0 Å². The van der Waals surface area contributed by atoms with Gasteiger partial charge in [0, 0.05) is 11.5 Å². The minimum atomic E-state index is 0.470. The first-order chi connectivity index (χ1) is 8.66. The molecule has 2 aromatic rings. The van der Waals surface area contributed by atoms with Gasteiger partial charge in [-0.15, -0.1) is 0 Å². The van der Waals surface area contributed by atoms with Crippen LogP contribution in [-0.2, 0) is 0 Å². The van der Waals surface area contributed by atoms with Crippen molar-refractivity contribution in [2.24, 2.45) is 5.92 Å². The maximum Gasteiger partial charge on any atom is 0.147 e. The molecule has 0 bridgehead atoms. The van der Waals surface area contributed by atoms with Gasteiger partial charge in [0.1, 0.15) is 11.0 Å². The molecule has 0 aliphatic heterocycles. The number of benzene rings is 1. The van der Waals surface area contributed by atoms with E-state index in [9.17, 15) is 0 Å². The predicted molar refractivity (Wildman–Crippen MR) is 76.7 cm³/mol. The molecule has 2 atom stereocenters. The monoisotopic (exact) mass is 322 g/mol. The average Bonchev–Trinajstić information content (AvgIpc) is 3.11. The van der Waals surface area contributed by atoms with Gasteiger partial charge >= 0.3 is 0 Å². The summed E-state index contributed by atoms with van der Waals surface area (Å²) in [5.41, 5.74) is 1.94. The second-order valence-corrected chi connectivity index (χ2v) is 5.87. The molecule has 0 amide bonds. The lowest BCUT2D eigenvalue weighted by molar-refractivity contribution is 0.842. The predicted octanol–water partition coefficient (Wildman–Crippen LogP) is 4.68. The van der Waals surface area contributed by atoms with Crippen LogP contribution in [0.3, 0.4) is 0 Å². The number of halogens is 2. The quantitative estimate of drug-likeness (QED) is 0.750. The molecule has 1 saturated carbocycles. The lowest BCUT2D eigenvalue weighted by Crippen LogP contribution is -1.98. The zero-order chi connectivity index (χ0) is 12.7. The molecule has 0 N–H and O–H groups in total. The number of nitrogens with zero attached hydrogens (tertiary/aromatic N) is 2. The zero-order valence-corrected chi connectivity index (χ0v) is 12.2. The lowest BCUT2D eigenvalue weighted by Gasteiger charge is -2.08. The highest BCUT2D eigenvalue weighted by Crippen LogP contribution is 2.46. The molecular formula is C14H12BrClN2. The summed E-state index contributed by atoms with van der Waals surface area (Å²) in [7, 11) is 0. The molecule has 0 saturated heterocycles. The molecule has 0 spiro atoms. The SMILES string of the molecule is CC1CC1c1nc(Cl)c(Br)c(-c2ccccc2)n1. The summed E-state index contributed by atoms with van der Waals surface area (Å²) in [4.78, 5) is 9.05. The molecular weight excluding hydrogens is 312 g/mol. The highest BCUT2D eigenvalue weighted by Gasteiger charge is 2.37. The second-order valence-electron chi connectivity index (χ2n) is 4.72. The van der Waals surface area contributed by atoms with E-state index in [-0.39, 0.29) is 0 Å². The molecule has 1 aromatic heterocycles. The van der Waals surface area contributed by atoms with E-state index in [1.807, 2.05) is 30.3 Å². The van der Waals surface area contributed by atoms with Gasteiger partial charge < -0.3 is 0 Å². The second kappa shape index (κ2) is 4.63. The Morgan fingerprint density at radius 3 is 2.50 bits per heavy atom. The van der Waals surface area contributed by atoms with Gasteiger partial charge in [0.25, 0.3) is 0 Å². The first-order valence-electron chi connectivity index (χ1n) is 5.95. The molecule has 2 nitrogen and oxygen atoms in total. The Morgan fingerprint density at radius 2 is 1.89 bits per heavy atom. The highest BCUT2D eigenvalue weighted by molar-refractivity contribution is 9.10. The third-order valence-corrected chi connectivity index (χ3v) is 4.57. The van der Waals surface area contributed by atoms with Crippen LogP contribution in [-0.4, -0.2) is 9.97 Å². The fourth-order valence-corrected chi connectivity index (χ4v) is 2.65. The van der Waals surface area contributed by atoms with Crippen molar-refractivity contribution in [3.8, 4) is 11.3 Å². The van der Waals surface area contributed by atoms with Gasteiger partial charge in [-0.2, -0.15) is 0 Å².